The van der Waals surface area contributed by atoms with Crippen LogP contribution in [0.4, 0.5) is 0 Å². The van der Waals surface area contributed by atoms with E-state index >= 15 is 0 Å². The van der Waals surface area contributed by atoms with E-state index in [4.69, 9.17) is 0 Å². The Kier molecular flexibility index (Phi) is 3.88. The van der Waals surface area contributed by atoms with E-state index < -0.39 is 7.26 Å². The number of rotatable bonds is 3. The van der Waals surface area contributed by atoms with Crippen molar-refractivity contribution < 1.29 is 0 Å². The monoisotopic (exact) mass is 162 g/mol. The van der Waals surface area contributed by atoms with Crippen LogP contribution in [0, 0.1) is 11.8 Å². The molecule has 64 valence electrons. The molecule has 0 rings (SSSR count). The molecule has 0 aliphatic heterocycles. The Morgan fingerprint density at radius 2 is 1.40 bits per heavy atom. The molecule has 0 heterocycles. The van der Waals surface area contributed by atoms with Gasteiger partial charge in [-0.2, -0.15) is 0 Å². The van der Waals surface area contributed by atoms with Gasteiger partial charge in [-0.05, 0) is 0 Å². The van der Waals surface area contributed by atoms with E-state index in [0.717, 1.165) is 11.8 Å². The van der Waals surface area contributed by atoms with Gasteiger partial charge in [0.1, 0.15) is 0 Å². The van der Waals surface area contributed by atoms with Crippen molar-refractivity contribution in [2.75, 3.05) is 26.2 Å². The maximum absolute atomic E-state index is 2.45. The summed E-state index contributed by atoms with van der Waals surface area (Å²) in [6, 6.07) is 0. The van der Waals surface area contributed by atoms with Crippen LogP contribution in [0.15, 0.2) is 0 Å². The van der Waals surface area contributed by atoms with Crippen LogP contribution in [0.25, 0.3) is 0 Å². The molecule has 0 amide bonds. The van der Waals surface area contributed by atoms with Crippen molar-refractivity contribution in [1.82, 2.24) is 0 Å². The Balaban J connectivity index is 3.68. The molecular weight excluding hydrogens is 139 g/mol. The van der Waals surface area contributed by atoms with Gasteiger partial charge in [0.15, 0.2) is 0 Å². The quantitative estimate of drug-likeness (QED) is 0.560. The normalized spacial score (nSPS) is 17.5. The molecule has 1 heteroatoms. The molecule has 1 atom stereocenters. The molecule has 0 fully saturated rings. The van der Waals surface area contributed by atoms with Crippen LogP contribution in [0.2, 0.25) is 0 Å². The van der Waals surface area contributed by atoms with E-state index in [1.165, 1.54) is 6.16 Å². The van der Waals surface area contributed by atoms with E-state index in [2.05, 4.69) is 40.8 Å². The summed E-state index contributed by atoms with van der Waals surface area (Å²) in [5, 5.41) is 0. The van der Waals surface area contributed by atoms with Gasteiger partial charge in [-0.1, -0.05) is 0 Å². The van der Waals surface area contributed by atoms with Gasteiger partial charge in [-0.15, -0.1) is 0 Å². The first kappa shape index (κ1) is 10.4. The molecule has 0 aromatic carbocycles. The summed E-state index contributed by atoms with van der Waals surface area (Å²) in [7, 11) is -0.783. The van der Waals surface area contributed by atoms with Gasteiger partial charge in [0.05, 0.1) is 0 Å². The molecule has 0 aliphatic carbocycles. The fourth-order valence-electron chi connectivity index (χ4n) is 1.20. The van der Waals surface area contributed by atoms with Crippen LogP contribution in [0.3, 0.4) is 0 Å². The Morgan fingerprint density at radius 1 is 1.00 bits per heavy atom. The van der Waals surface area contributed by atoms with Gasteiger partial charge >= 0.3 is 66.0 Å². The first-order valence-electron chi connectivity index (χ1n) is 4.33. The molecule has 0 saturated carbocycles. The Labute approximate surface area is 66.7 Å². The van der Waals surface area contributed by atoms with Crippen molar-refractivity contribution in [1.29, 1.82) is 0 Å². The van der Waals surface area contributed by atoms with Crippen molar-refractivity contribution in [3.8, 4) is 0 Å². The summed E-state index contributed by atoms with van der Waals surface area (Å²) in [4.78, 5) is 0. The van der Waals surface area contributed by atoms with Gasteiger partial charge < -0.3 is 0 Å². The third kappa shape index (κ3) is 5.23. The fraction of sp³-hybridized carbons (Fsp3) is 1.00. The van der Waals surface area contributed by atoms with Gasteiger partial charge in [0.2, 0.25) is 0 Å². The minimum atomic E-state index is -0.783. The average Bonchev–Trinajstić information content (AvgIpc) is 1.60. The van der Waals surface area contributed by atoms with Crippen LogP contribution in [0.1, 0.15) is 20.8 Å². The third-order valence-corrected chi connectivity index (χ3v) is 3.94. The summed E-state index contributed by atoms with van der Waals surface area (Å²) < 4.78 is 0. The summed E-state index contributed by atoms with van der Waals surface area (Å²) in [5.41, 5.74) is 0. The molecule has 0 spiro atoms. The van der Waals surface area contributed by atoms with Crippen LogP contribution in [-0.4, -0.2) is 26.2 Å². The zero-order valence-corrected chi connectivity index (χ0v) is 9.36. The minimum absolute atomic E-state index is 0.783. The molecule has 0 aromatic rings. The van der Waals surface area contributed by atoms with Gasteiger partial charge in [-0.25, -0.2) is 0 Å². The van der Waals surface area contributed by atoms with E-state index in [0.29, 0.717) is 0 Å². The van der Waals surface area contributed by atoms with Crippen LogP contribution in [-0.2, 0) is 0 Å². The summed E-state index contributed by atoms with van der Waals surface area (Å²) in [5.74, 6) is 1.79. The van der Waals surface area contributed by atoms with Crippen molar-refractivity contribution in [3.05, 3.63) is 0 Å². The van der Waals surface area contributed by atoms with Crippen LogP contribution < -0.4 is 0 Å². The first-order chi connectivity index (χ1) is 4.33. The molecule has 0 N–H and O–H groups in total. The molecule has 0 radical (unpaired) electrons. The fourth-order valence-corrected chi connectivity index (χ4v) is 3.60. The van der Waals surface area contributed by atoms with E-state index in [-0.39, 0.29) is 0 Å². The SMILES string of the molecule is CC(C)C(C)C[PH](C)(C)C. The first-order valence-corrected chi connectivity index (χ1v) is 8.03. The Bertz CT molecular complexity index is 89.4. The zero-order chi connectivity index (χ0) is 8.36. The Morgan fingerprint density at radius 3 is 1.50 bits per heavy atom. The average molecular weight is 162 g/mol. The molecule has 0 nitrogen and oxygen atoms in total. The molecule has 0 bridgehead atoms. The second kappa shape index (κ2) is 3.72. The van der Waals surface area contributed by atoms with Crippen molar-refractivity contribution in [2.45, 2.75) is 20.8 Å². The molecule has 0 aliphatic rings. The van der Waals surface area contributed by atoms with Crippen molar-refractivity contribution in [2.24, 2.45) is 11.8 Å². The predicted octanol–water partition coefficient (Wildman–Crippen LogP) is 2.92. The number of hydrogen-bond donors (Lipinski definition) is 0. The molecule has 1 unspecified atom stereocenters. The van der Waals surface area contributed by atoms with Gasteiger partial charge in [0, 0.05) is 0 Å². The summed E-state index contributed by atoms with van der Waals surface area (Å²) in [6.07, 6.45) is 1.48. The third-order valence-electron chi connectivity index (χ3n) is 2.07. The predicted molar refractivity (Wildman–Crippen MR) is 55.0 cm³/mol. The molecule has 0 saturated heterocycles. The second-order valence-corrected chi connectivity index (χ2v) is 10.5. The van der Waals surface area contributed by atoms with Crippen LogP contribution in [0.5, 0.6) is 0 Å². The zero-order valence-electron chi connectivity index (χ0n) is 8.36. The van der Waals surface area contributed by atoms with E-state index in [9.17, 15) is 0 Å². The number of hydrogen-bond acceptors (Lipinski definition) is 0. The van der Waals surface area contributed by atoms with Crippen molar-refractivity contribution in [3.63, 3.8) is 0 Å². The van der Waals surface area contributed by atoms with Gasteiger partial charge in [-0.3, -0.25) is 0 Å². The summed E-state index contributed by atoms with van der Waals surface area (Å²) >= 11 is 0. The standard InChI is InChI=1S/C9H23P/c1-8(2)9(3)7-10(4,5)6/h8-10H,7H2,1-6H3. The topological polar surface area (TPSA) is 0 Å². The second-order valence-electron chi connectivity index (χ2n) is 4.99. The summed E-state index contributed by atoms with van der Waals surface area (Å²) in [6.45, 7) is 14.4. The van der Waals surface area contributed by atoms with E-state index in [1.54, 1.807) is 0 Å². The Hall–Kier alpha value is 0.430. The molecule has 10 heavy (non-hydrogen) atoms. The van der Waals surface area contributed by atoms with E-state index in [1.807, 2.05) is 0 Å². The maximum atomic E-state index is 2.45. The van der Waals surface area contributed by atoms with Crippen molar-refractivity contribution >= 4 is 7.26 Å². The molecule has 0 aromatic heterocycles. The van der Waals surface area contributed by atoms with Crippen LogP contribution >= 0.6 is 7.26 Å². The molecular formula is C9H23P. The van der Waals surface area contributed by atoms with Gasteiger partial charge in [0.25, 0.3) is 0 Å².